The minimum atomic E-state index is -3.62. The van der Waals surface area contributed by atoms with Gasteiger partial charge in [-0.2, -0.15) is 0 Å². The number of sulfonamides is 1. The first-order chi connectivity index (χ1) is 14.1. The molecule has 0 aromatic heterocycles. The fraction of sp³-hybridized carbons (Fsp3) is 0.435. The Hall–Kier alpha value is -2.25. The van der Waals surface area contributed by atoms with E-state index < -0.39 is 15.8 Å². The van der Waals surface area contributed by atoms with Crippen LogP contribution in [-0.4, -0.2) is 38.9 Å². The topological polar surface area (TPSA) is 66.5 Å². The molecule has 1 heterocycles. The molecule has 3 rings (SSSR count). The number of carbonyl (C=O) groups is 1. The number of carbonyl (C=O) groups excluding carboxylic acids is 1. The van der Waals surface area contributed by atoms with Gasteiger partial charge in [-0.05, 0) is 80.8 Å². The molecule has 1 amide bonds. The van der Waals surface area contributed by atoms with Crippen LogP contribution in [0.4, 0.5) is 4.39 Å². The number of rotatable bonds is 5. The van der Waals surface area contributed by atoms with Gasteiger partial charge in [0.25, 0.3) is 5.91 Å². The van der Waals surface area contributed by atoms with Crippen molar-refractivity contribution in [1.29, 1.82) is 0 Å². The molecule has 0 saturated carbocycles. The molecule has 2 aromatic rings. The summed E-state index contributed by atoms with van der Waals surface area (Å²) in [5.74, 6) is -0.693. The molecule has 0 aliphatic carbocycles. The summed E-state index contributed by atoms with van der Waals surface area (Å²) < 4.78 is 42.7. The molecule has 0 bridgehead atoms. The maximum atomic E-state index is 13.9. The summed E-state index contributed by atoms with van der Waals surface area (Å²) in [6.07, 6.45) is 1.35. The Morgan fingerprint density at radius 1 is 1.07 bits per heavy atom. The third-order valence-electron chi connectivity index (χ3n) is 6.13. The molecular formula is C23H29FN2O3S. The molecule has 1 N–H and O–H groups in total. The zero-order valence-corrected chi connectivity index (χ0v) is 18.8. The van der Waals surface area contributed by atoms with Gasteiger partial charge in [0.05, 0.1) is 10.5 Å². The predicted molar refractivity (Wildman–Crippen MR) is 116 cm³/mol. The predicted octanol–water partition coefficient (Wildman–Crippen LogP) is 3.89. The Morgan fingerprint density at radius 3 is 2.20 bits per heavy atom. The van der Waals surface area contributed by atoms with E-state index in [1.54, 1.807) is 17.0 Å². The quantitative estimate of drug-likeness (QED) is 0.780. The van der Waals surface area contributed by atoms with E-state index in [-0.39, 0.29) is 17.4 Å². The number of halogens is 1. The van der Waals surface area contributed by atoms with Crippen LogP contribution >= 0.6 is 0 Å². The van der Waals surface area contributed by atoms with Crippen molar-refractivity contribution in [3.05, 3.63) is 64.0 Å². The van der Waals surface area contributed by atoms with Gasteiger partial charge >= 0.3 is 0 Å². The Bertz CT molecular complexity index is 1030. The van der Waals surface area contributed by atoms with Crippen LogP contribution in [0.2, 0.25) is 0 Å². The number of nitrogens with one attached hydrogen (secondary N) is 1. The van der Waals surface area contributed by atoms with Crippen molar-refractivity contribution in [3.8, 4) is 0 Å². The summed E-state index contributed by atoms with van der Waals surface area (Å²) in [7, 11) is -3.62. The fourth-order valence-electron chi connectivity index (χ4n) is 4.03. The molecule has 1 saturated heterocycles. The second-order valence-corrected chi connectivity index (χ2v) is 9.86. The normalized spacial score (nSPS) is 15.4. The van der Waals surface area contributed by atoms with E-state index in [1.165, 1.54) is 12.1 Å². The van der Waals surface area contributed by atoms with E-state index in [0.29, 0.717) is 37.4 Å². The average molecular weight is 433 g/mol. The van der Waals surface area contributed by atoms with Crippen LogP contribution in [-0.2, 0) is 10.0 Å². The number of amides is 1. The lowest BCUT2D eigenvalue weighted by Crippen LogP contribution is -2.42. The van der Waals surface area contributed by atoms with Gasteiger partial charge in [0.2, 0.25) is 10.0 Å². The number of likely N-dealkylation sites (tertiary alicyclic amines) is 1. The molecule has 1 fully saturated rings. The summed E-state index contributed by atoms with van der Waals surface area (Å²) in [5, 5.41) is 0. The second kappa shape index (κ2) is 8.86. The van der Waals surface area contributed by atoms with Crippen LogP contribution < -0.4 is 4.72 Å². The van der Waals surface area contributed by atoms with E-state index >= 15 is 0 Å². The lowest BCUT2D eigenvalue weighted by atomic mass is 9.96. The van der Waals surface area contributed by atoms with E-state index in [0.717, 1.165) is 22.3 Å². The zero-order chi connectivity index (χ0) is 22.1. The van der Waals surface area contributed by atoms with Crippen molar-refractivity contribution >= 4 is 15.9 Å². The monoisotopic (exact) mass is 432 g/mol. The summed E-state index contributed by atoms with van der Waals surface area (Å²) in [6, 6.07) is 7.99. The molecule has 0 spiro atoms. The molecule has 1 aliphatic rings. The van der Waals surface area contributed by atoms with Crippen LogP contribution in [0, 0.1) is 39.4 Å². The first-order valence-electron chi connectivity index (χ1n) is 10.2. The van der Waals surface area contributed by atoms with Crippen LogP contribution in [0.25, 0.3) is 0 Å². The van der Waals surface area contributed by atoms with Crippen molar-refractivity contribution in [1.82, 2.24) is 9.62 Å². The van der Waals surface area contributed by atoms with Crippen LogP contribution in [0.3, 0.4) is 0 Å². The highest BCUT2D eigenvalue weighted by molar-refractivity contribution is 7.89. The summed E-state index contributed by atoms with van der Waals surface area (Å²) in [4.78, 5) is 14.6. The van der Waals surface area contributed by atoms with E-state index in [4.69, 9.17) is 0 Å². The van der Waals surface area contributed by atoms with Crippen LogP contribution in [0.1, 0.15) is 45.5 Å². The third kappa shape index (κ3) is 4.57. The lowest BCUT2D eigenvalue weighted by Gasteiger charge is -2.32. The average Bonchev–Trinajstić information content (AvgIpc) is 2.71. The molecule has 2 aromatic carbocycles. The SMILES string of the molecule is Cc1cc(C)c(C)c(S(=O)(=O)NCC2CCN(C(=O)c3ccccc3F)CC2)c1C. The molecule has 30 heavy (non-hydrogen) atoms. The van der Waals surface area contributed by atoms with Crippen molar-refractivity contribution in [3.63, 3.8) is 0 Å². The highest BCUT2D eigenvalue weighted by atomic mass is 32.2. The lowest BCUT2D eigenvalue weighted by molar-refractivity contribution is 0.0687. The summed E-state index contributed by atoms with van der Waals surface area (Å²) >= 11 is 0. The number of aryl methyl sites for hydroxylation is 2. The first-order valence-corrected chi connectivity index (χ1v) is 11.7. The van der Waals surface area contributed by atoms with Gasteiger partial charge in [0.1, 0.15) is 5.82 Å². The number of hydrogen-bond donors (Lipinski definition) is 1. The number of benzene rings is 2. The molecular weight excluding hydrogens is 403 g/mol. The van der Waals surface area contributed by atoms with Gasteiger partial charge in [-0.3, -0.25) is 4.79 Å². The number of nitrogens with zero attached hydrogens (tertiary/aromatic N) is 1. The molecule has 0 atom stereocenters. The third-order valence-corrected chi connectivity index (χ3v) is 7.83. The standard InChI is InChI=1S/C23H29FN2O3S/c1-15-13-16(2)18(4)22(17(15)3)30(28,29)25-14-19-9-11-26(12-10-19)23(27)20-7-5-6-8-21(20)24/h5-8,13,19,25H,9-12,14H2,1-4H3. The van der Waals surface area contributed by atoms with Crippen molar-refractivity contribution in [2.24, 2.45) is 5.92 Å². The van der Waals surface area contributed by atoms with Crippen molar-refractivity contribution in [2.45, 2.75) is 45.4 Å². The molecule has 5 nitrogen and oxygen atoms in total. The minimum Gasteiger partial charge on any atom is -0.339 e. The maximum Gasteiger partial charge on any atom is 0.256 e. The number of hydrogen-bond acceptors (Lipinski definition) is 3. The van der Waals surface area contributed by atoms with Gasteiger partial charge in [-0.25, -0.2) is 17.5 Å². The van der Waals surface area contributed by atoms with Crippen LogP contribution in [0.5, 0.6) is 0 Å². The molecule has 0 radical (unpaired) electrons. The fourth-order valence-corrected chi connectivity index (χ4v) is 5.76. The Labute approximate surface area is 178 Å². The van der Waals surface area contributed by atoms with Gasteiger partial charge in [-0.1, -0.05) is 18.2 Å². The molecule has 1 aliphatic heterocycles. The number of piperidine rings is 1. The summed E-state index contributed by atoms with van der Waals surface area (Å²) in [6.45, 7) is 8.82. The molecule has 7 heteroatoms. The highest BCUT2D eigenvalue weighted by Gasteiger charge is 2.27. The van der Waals surface area contributed by atoms with Crippen molar-refractivity contribution in [2.75, 3.05) is 19.6 Å². The minimum absolute atomic E-state index is 0.0809. The smallest absolute Gasteiger partial charge is 0.256 e. The van der Waals surface area contributed by atoms with Crippen LogP contribution in [0.15, 0.2) is 35.2 Å². The van der Waals surface area contributed by atoms with Gasteiger partial charge < -0.3 is 4.90 Å². The van der Waals surface area contributed by atoms with E-state index in [1.807, 2.05) is 33.8 Å². The zero-order valence-electron chi connectivity index (χ0n) is 18.0. The van der Waals surface area contributed by atoms with Crippen molar-refractivity contribution < 1.29 is 17.6 Å². The Morgan fingerprint density at radius 2 is 1.63 bits per heavy atom. The molecule has 162 valence electrons. The molecule has 0 unspecified atom stereocenters. The van der Waals surface area contributed by atoms with E-state index in [2.05, 4.69) is 4.72 Å². The maximum absolute atomic E-state index is 13.9. The summed E-state index contributed by atoms with van der Waals surface area (Å²) in [5.41, 5.74) is 3.54. The second-order valence-electron chi connectivity index (χ2n) is 8.16. The largest absolute Gasteiger partial charge is 0.339 e. The van der Waals surface area contributed by atoms with Gasteiger partial charge in [0.15, 0.2) is 0 Å². The van der Waals surface area contributed by atoms with E-state index in [9.17, 15) is 17.6 Å². The van der Waals surface area contributed by atoms with Gasteiger partial charge in [-0.15, -0.1) is 0 Å². The first kappa shape index (κ1) is 22.4. The highest BCUT2D eigenvalue weighted by Crippen LogP contribution is 2.26. The Balaban J connectivity index is 1.62. The Kier molecular flexibility index (Phi) is 6.62. The van der Waals surface area contributed by atoms with Gasteiger partial charge in [0, 0.05) is 19.6 Å².